The van der Waals surface area contributed by atoms with E-state index in [1.54, 1.807) is 46.4 Å². The number of carbonyl (C=O) groups excluding carboxylic acids is 4. The molecule has 3 aliphatic rings. The second-order valence-electron chi connectivity index (χ2n) is 20.7. The highest BCUT2D eigenvalue weighted by Crippen LogP contribution is 2.36. The van der Waals surface area contributed by atoms with Crippen molar-refractivity contribution in [2.75, 3.05) is 13.1 Å². The summed E-state index contributed by atoms with van der Waals surface area (Å²) in [5.41, 5.74) is 4.52. The summed E-state index contributed by atoms with van der Waals surface area (Å²) in [7, 11) is 0. The molecule has 3 aliphatic heterocycles. The van der Waals surface area contributed by atoms with Crippen LogP contribution in [0.5, 0.6) is 0 Å². The molecular formula is C49H65N7O6. The van der Waals surface area contributed by atoms with Crippen LogP contribution in [0.25, 0.3) is 28.0 Å². The molecule has 62 heavy (non-hydrogen) atoms. The predicted molar refractivity (Wildman–Crippen MR) is 243 cm³/mol. The zero-order valence-corrected chi connectivity index (χ0v) is 38.5. The SMILES string of the molecule is CC(C)(C)OC(=O)N[C@H](C(=O)N1CC=C[C@H]1C1=NC=C(c2ccc(-c3ccc(-c4cnc([C@@H]5CCCN5C(=O)[C@@H](NC(=O)OC(C)(C)C)C(C)(C)C)[nH]4)cc3)cc2)C1)C(C)(C)C. The number of rotatable bonds is 9. The van der Waals surface area contributed by atoms with Crippen molar-refractivity contribution in [2.24, 2.45) is 15.8 Å². The fourth-order valence-electron chi connectivity index (χ4n) is 8.01. The Morgan fingerprint density at radius 2 is 1.21 bits per heavy atom. The molecule has 0 bridgehead atoms. The molecule has 1 aromatic heterocycles. The largest absolute Gasteiger partial charge is 0.444 e. The Hall–Kier alpha value is -5.72. The molecule has 1 saturated heterocycles. The van der Waals surface area contributed by atoms with Gasteiger partial charge >= 0.3 is 12.2 Å². The summed E-state index contributed by atoms with van der Waals surface area (Å²) in [6.45, 7) is 23.4. The van der Waals surface area contributed by atoms with E-state index < -0.39 is 46.3 Å². The van der Waals surface area contributed by atoms with Crippen LogP contribution < -0.4 is 10.6 Å². The van der Waals surface area contributed by atoms with E-state index in [1.807, 2.05) is 71.0 Å². The van der Waals surface area contributed by atoms with Crippen molar-refractivity contribution in [3.63, 3.8) is 0 Å². The number of benzene rings is 2. The Balaban J connectivity index is 1.07. The van der Waals surface area contributed by atoms with Gasteiger partial charge in [-0.2, -0.15) is 0 Å². The van der Waals surface area contributed by atoms with E-state index >= 15 is 0 Å². The minimum atomic E-state index is -0.781. The Morgan fingerprint density at radius 3 is 1.73 bits per heavy atom. The average Bonchev–Trinajstić information content (AvgIpc) is 4.00. The van der Waals surface area contributed by atoms with Gasteiger partial charge in [0.15, 0.2) is 0 Å². The van der Waals surface area contributed by atoms with Crippen molar-refractivity contribution < 1.29 is 28.7 Å². The van der Waals surface area contributed by atoms with Crippen LogP contribution in [-0.2, 0) is 19.1 Å². The van der Waals surface area contributed by atoms with Gasteiger partial charge in [0.2, 0.25) is 11.8 Å². The van der Waals surface area contributed by atoms with Crippen LogP contribution in [0.2, 0.25) is 0 Å². The van der Waals surface area contributed by atoms with Gasteiger partial charge in [-0.3, -0.25) is 14.6 Å². The summed E-state index contributed by atoms with van der Waals surface area (Å²) < 4.78 is 11.0. The van der Waals surface area contributed by atoms with E-state index in [4.69, 9.17) is 19.5 Å². The number of aromatic amines is 1. The summed E-state index contributed by atoms with van der Waals surface area (Å²) in [6.07, 6.45) is 8.66. The van der Waals surface area contributed by atoms with Crippen LogP contribution in [-0.4, -0.2) is 91.9 Å². The molecule has 4 amide bonds. The van der Waals surface area contributed by atoms with Crippen LogP contribution in [0.15, 0.2) is 78.1 Å². The maximum absolute atomic E-state index is 14.0. The van der Waals surface area contributed by atoms with Gasteiger partial charge in [-0.1, -0.05) is 102 Å². The van der Waals surface area contributed by atoms with Crippen LogP contribution >= 0.6 is 0 Å². The molecule has 13 heteroatoms. The van der Waals surface area contributed by atoms with E-state index in [2.05, 4.69) is 64.1 Å². The van der Waals surface area contributed by atoms with Gasteiger partial charge in [0.25, 0.3) is 0 Å². The topological polar surface area (TPSA) is 158 Å². The number of amides is 4. The van der Waals surface area contributed by atoms with Crippen LogP contribution in [0, 0.1) is 10.8 Å². The molecule has 4 atom stereocenters. The molecule has 332 valence electrons. The number of hydrogen-bond acceptors (Lipinski definition) is 8. The monoisotopic (exact) mass is 847 g/mol. The maximum atomic E-state index is 14.0. The first-order chi connectivity index (χ1) is 28.9. The van der Waals surface area contributed by atoms with Crippen molar-refractivity contribution in [1.82, 2.24) is 30.4 Å². The van der Waals surface area contributed by atoms with E-state index in [0.717, 1.165) is 57.9 Å². The molecule has 6 rings (SSSR count). The third-order valence-corrected chi connectivity index (χ3v) is 11.1. The molecular weight excluding hydrogens is 783 g/mol. The van der Waals surface area contributed by atoms with Crippen molar-refractivity contribution in [3.05, 3.63) is 84.5 Å². The lowest BCUT2D eigenvalue weighted by atomic mass is 9.85. The normalized spacial score (nSPS) is 19.2. The number of H-pyrrole nitrogens is 1. The second-order valence-corrected chi connectivity index (χ2v) is 20.7. The Labute approximate surface area is 366 Å². The molecule has 4 heterocycles. The molecule has 3 aromatic rings. The lowest BCUT2D eigenvalue weighted by Gasteiger charge is -2.36. The van der Waals surface area contributed by atoms with E-state index in [-0.39, 0.29) is 23.9 Å². The number of alkyl carbamates (subject to hydrolysis) is 2. The van der Waals surface area contributed by atoms with E-state index in [9.17, 15) is 19.2 Å². The third kappa shape index (κ3) is 11.0. The number of aliphatic imine (C=N–C) groups is 1. The van der Waals surface area contributed by atoms with E-state index in [0.29, 0.717) is 19.5 Å². The number of nitrogens with one attached hydrogen (secondary N) is 3. The van der Waals surface area contributed by atoms with Crippen molar-refractivity contribution in [3.8, 4) is 22.4 Å². The summed E-state index contributed by atoms with van der Waals surface area (Å²) >= 11 is 0. The van der Waals surface area contributed by atoms with Gasteiger partial charge in [-0.05, 0) is 93.0 Å². The molecule has 0 aliphatic carbocycles. The maximum Gasteiger partial charge on any atom is 0.408 e. The first-order valence-corrected chi connectivity index (χ1v) is 21.7. The number of carbonyl (C=O) groups is 4. The molecule has 1 fully saturated rings. The Morgan fingerprint density at radius 1 is 0.710 bits per heavy atom. The number of nitrogens with zero attached hydrogens (tertiary/aromatic N) is 4. The molecule has 2 aromatic carbocycles. The fraction of sp³-hybridized carbons (Fsp3) is 0.510. The molecule has 0 spiro atoms. The predicted octanol–water partition coefficient (Wildman–Crippen LogP) is 9.24. The standard InChI is InChI=1S/C49H65N7O6/c1-46(2,3)39(53-44(59)61-48(7,8)9)42(57)55-25-13-15-37(55)35-27-34(28-50-35)32-19-17-30(18-20-32)31-21-23-33(24-22-31)36-29-51-41(52-36)38-16-14-26-56(38)43(58)40(47(4,5)6)54-45(60)62-49(10,11)12/h13,15,17-24,28-29,37-40H,14,16,25-27H2,1-12H3,(H,51,52)(H,53,59)(H,54,60)/t37-,38-,39+,40+/m0/s1. The minimum Gasteiger partial charge on any atom is -0.444 e. The number of imidazole rings is 1. The van der Waals surface area contributed by atoms with Gasteiger partial charge in [-0.25, -0.2) is 14.6 Å². The summed E-state index contributed by atoms with van der Waals surface area (Å²) in [4.78, 5) is 70.1. The first kappa shape index (κ1) is 45.8. The van der Waals surface area contributed by atoms with Crippen molar-refractivity contribution in [2.45, 2.75) is 138 Å². The van der Waals surface area contributed by atoms with Gasteiger partial charge in [0.05, 0.1) is 24.0 Å². The van der Waals surface area contributed by atoms with Crippen molar-refractivity contribution in [1.29, 1.82) is 0 Å². The number of allylic oxidation sites excluding steroid dienone is 1. The zero-order chi connectivity index (χ0) is 45.4. The zero-order valence-electron chi connectivity index (χ0n) is 38.5. The lowest BCUT2D eigenvalue weighted by Crippen LogP contribution is -2.57. The Kier molecular flexibility index (Phi) is 13.0. The van der Waals surface area contributed by atoms with Gasteiger partial charge in [-0.15, -0.1) is 0 Å². The molecule has 13 nitrogen and oxygen atoms in total. The summed E-state index contributed by atoms with van der Waals surface area (Å²) in [6, 6.07) is 14.6. The van der Waals surface area contributed by atoms with Crippen LogP contribution in [0.3, 0.4) is 0 Å². The summed E-state index contributed by atoms with van der Waals surface area (Å²) in [5.74, 6) is 0.392. The second kappa shape index (κ2) is 17.6. The van der Waals surface area contributed by atoms with E-state index in [1.165, 1.54) is 0 Å². The highest BCUT2D eigenvalue weighted by molar-refractivity contribution is 6.05. The highest BCUT2D eigenvalue weighted by Gasteiger charge is 2.43. The fourth-order valence-corrected chi connectivity index (χ4v) is 8.01. The van der Waals surface area contributed by atoms with Crippen LogP contribution in [0.4, 0.5) is 9.59 Å². The van der Waals surface area contributed by atoms with Gasteiger partial charge in [0.1, 0.15) is 29.1 Å². The van der Waals surface area contributed by atoms with Crippen LogP contribution in [0.1, 0.15) is 120 Å². The molecule has 0 unspecified atom stereocenters. The Bertz CT molecular complexity index is 2230. The quantitative estimate of drug-likeness (QED) is 0.181. The average molecular weight is 848 g/mol. The number of aromatic nitrogens is 2. The lowest BCUT2D eigenvalue weighted by molar-refractivity contribution is -0.137. The highest BCUT2D eigenvalue weighted by atomic mass is 16.6. The molecule has 3 N–H and O–H groups in total. The summed E-state index contributed by atoms with van der Waals surface area (Å²) in [5, 5.41) is 5.68. The number of hydrogen-bond donors (Lipinski definition) is 3. The molecule has 0 radical (unpaired) electrons. The smallest absolute Gasteiger partial charge is 0.408 e. The first-order valence-electron chi connectivity index (χ1n) is 21.7. The van der Waals surface area contributed by atoms with Crippen molar-refractivity contribution >= 4 is 35.3 Å². The van der Waals surface area contributed by atoms with Gasteiger partial charge in [0, 0.05) is 31.4 Å². The minimum absolute atomic E-state index is 0.152. The number of likely N-dealkylation sites (tertiary alicyclic amines) is 1. The van der Waals surface area contributed by atoms with Gasteiger partial charge < -0.3 is 34.9 Å². The third-order valence-electron chi connectivity index (χ3n) is 11.1. The molecule has 0 saturated carbocycles. The number of ether oxygens (including phenoxy) is 2.